The molecule has 0 radical (unpaired) electrons. The van der Waals surface area contributed by atoms with Crippen molar-refractivity contribution in [3.05, 3.63) is 45.6 Å². The third kappa shape index (κ3) is 4.90. The Hall–Kier alpha value is -2.30. The molecule has 0 saturated heterocycles. The largest absolute Gasteiger partial charge is 0.452 e. The van der Waals surface area contributed by atoms with Crippen LogP contribution in [0.4, 0.5) is 5.69 Å². The molecule has 0 aliphatic heterocycles. The summed E-state index contributed by atoms with van der Waals surface area (Å²) in [4.78, 5) is 26.6. The van der Waals surface area contributed by atoms with Crippen molar-refractivity contribution in [2.24, 2.45) is 5.92 Å². The number of ether oxygens (including phenoxy) is 1. The maximum Gasteiger partial charge on any atom is 0.339 e. The van der Waals surface area contributed by atoms with Crippen LogP contribution in [0, 0.1) is 17.2 Å². The first kappa shape index (κ1) is 19.5. The predicted octanol–water partition coefficient (Wildman–Crippen LogP) is 4.28. The van der Waals surface area contributed by atoms with Crippen molar-refractivity contribution in [1.29, 1.82) is 5.26 Å². The molecule has 0 spiro atoms. The molecule has 1 aromatic carbocycles. The number of anilines is 1. The van der Waals surface area contributed by atoms with Crippen LogP contribution in [0.3, 0.4) is 0 Å². The fourth-order valence-corrected chi connectivity index (χ4v) is 4.95. The lowest BCUT2D eigenvalue weighted by atomic mass is 9.88. The van der Waals surface area contributed by atoms with E-state index in [-0.39, 0.29) is 6.61 Å². The van der Waals surface area contributed by atoms with Crippen molar-refractivity contribution < 1.29 is 14.3 Å². The van der Waals surface area contributed by atoms with Crippen molar-refractivity contribution in [3.63, 3.8) is 0 Å². The second kappa shape index (κ2) is 9.07. The molecular weight excluding hydrogens is 380 g/mol. The molecule has 0 bridgehead atoms. The number of thioether (sulfide) groups is 1. The number of benzene rings is 1. The predicted molar refractivity (Wildman–Crippen MR) is 107 cm³/mol. The molecule has 7 heteroatoms. The second-order valence-corrected chi connectivity index (χ2v) is 8.45. The Labute approximate surface area is 166 Å². The summed E-state index contributed by atoms with van der Waals surface area (Å²) in [7, 11) is 0. The molecule has 27 heavy (non-hydrogen) atoms. The molecule has 5 nitrogen and oxygen atoms in total. The maximum atomic E-state index is 12.4. The number of hydrogen-bond acceptors (Lipinski definition) is 6. The third-order valence-corrected chi connectivity index (χ3v) is 6.40. The van der Waals surface area contributed by atoms with Crippen molar-refractivity contribution in [2.45, 2.75) is 31.1 Å². The monoisotopic (exact) mass is 400 g/mol. The Bertz CT molecular complexity index is 886. The van der Waals surface area contributed by atoms with Gasteiger partial charge in [-0.15, -0.1) is 23.1 Å². The number of amides is 1. The number of nitriles is 1. The van der Waals surface area contributed by atoms with Gasteiger partial charge < -0.3 is 10.1 Å². The van der Waals surface area contributed by atoms with Gasteiger partial charge in [0.1, 0.15) is 0 Å². The molecule has 140 valence electrons. The van der Waals surface area contributed by atoms with E-state index in [2.05, 4.69) is 18.3 Å². The number of thiophene rings is 1. The van der Waals surface area contributed by atoms with Gasteiger partial charge in [-0.25, -0.2) is 4.79 Å². The zero-order valence-corrected chi connectivity index (χ0v) is 16.6. The Morgan fingerprint density at radius 2 is 2.22 bits per heavy atom. The first-order valence-corrected chi connectivity index (χ1v) is 10.6. The highest BCUT2D eigenvalue weighted by atomic mass is 32.2. The van der Waals surface area contributed by atoms with Crippen LogP contribution in [-0.2, 0) is 22.4 Å². The van der Waals surface area contributed by atoms with E-state index in [9.17, 15) is 9.59 Å². The molecule has 1 atom stereocenters. The Morgan fingerprint density at radius 1 is 1.41 bits per heavy atom. The van der Waals surface area contributed by atoms with Crippen LogP contribution in [0.5, 0.6) is 0 Å². The van der Waals surface area contributed by atoms with Gasteiger partial charge in [-0.2, -0.15) is 5.26 Å². The Kier molecular flexibility index (Phi) is 6.54. The summed E-state index contributed by atoms with van der Waals surface area (Å²) in [6.07, 6.45) is 2.96. The van der Waals surface area contributed by atoms with Crippen molar-refractivity contribution >= 4 is 40.7 Å². The van der Waals surface area contributed by atoms with Gasteiger partial charge >= 0.3 is 5.97 Å². The SMILES string of the molecule is CC1CCc2c(C(=O)OCC(=O)Nc3ccccc3SCC#N)csc2C1. The Morgan fingerprint density at radius 3 is 3.04 bits per heavy atom. The van der Waals surface area contributed by atoms with Crippen LogP contribution in [0.1, 0.15) is 34.1 Å². The summed E-state index contributed by atoms with van der Waals surface area (Å²) in [5, 5.41) is 13.3. The number of carbonyl (C=O) groups is 2. The van der Waals surface area contributed by atoms with Gasteiger partial charge in [0.05, 0.1) is 23.1 Å². The van der Waals surface area contributed by atoms with E-state index in [4.69, 9.17) is 10.00 Å². The summed E-state index contributed by atoms with van der Waals surface area (Å²) < 4.78 is 5.23. The molecule has 0 saturated carbocycles. The number of esters is 1. The number of carbonyl (C=O) groups excluding carboxylic acids is 2. The Balaban J connectivity index is 1.57. The lowest BCUT2D eigenvalue weighted by Gasteiger charge is -2.18. The van der Waals surface area contributed by atoms with Crippen LogP contribution in [-0.4, -0.2) is 24.2 Å². The van der Waals surface area contributed by atoms with Gasteiger partial charge in [0, 0.05) is 15.2 Å². The van der Waals surface area contributed by atoms with Crippen LogP contribution >= 0.6 is 23.1 Å². The number of hydrogen-bond donors (Lipinski definition) is 1. The molecule has 1 N–H and O–H groups in total. The average molecular weight is 401 g/mol. The van der Waals surface area contributed by atoms with E-state index >= 15 is 0 Å². The lowest BCUT2D eigenvalue weighted by Crippen LogP contribution is -2.22. The quantitative estimate of drug-likeness (QED) is 0.578. The minimum absolute atomic E-state index is 0.295. The minimum atomic E-state index is -0.440. The molecule has 2 aromatic rings. The fourth-order valence-electron chi connectivity index (χ4n) is 3.05. The first-order chi connectivity index (χ1) is 13.1. The minimum Gasteiger partial charge on any atom is -0.452 e. The van der Waals surface area contributed by atoms with Crippen LogP contribution < -0.4 is 5.32 Å². The molecule has 1 amide bonds. The molecule has 1 heterocycles. The molecule has 0 fully saturated rings. The summed E-state index contributed by atoms with van der Waals surface area (Å²) in [6.45, 7) is 1.88. The van der Waals surface area contributed by atoms with Gasteiger partial charge in [-0.05, 0) is 42.9 Å². The molecule has 1 unspecified atom stereocenters. The zero-order chi connectivity index (χ0) is 19.2. The van der Waals surface area contributed by atoms with E-state index in [1.54, 1.807) is 23.5 Å². The van der Waals surface area contributed by atoms with Crippen molar-refractivity contribution in [3.8, 4) is 6.07 Å². The highest BCUT2D eigenvalue weighted by Gasteiger charge is 2.24. The summed E-state index contributed by atoms with van der Waals surface area (Å²) >= 11 is 2.94. The summed E-state index contributed by atoms with van der Waals surface area (Å²) in [6, 6.07) is 9.30. The fraction of sp³-hybridized carbons (Fsp3) is 0.350. The van der Waals surface area contributed by atoms with E-state index in [1.807, 2.05) is 17.5 Å². The highest BCUT2D eigenvalue weighted by molar-refractivity contribution is 7.99. The van der Waals surface area contributed by atoms with Gasteiger partial charge in [-0.3, -0.25) is 4.79 Å². The van der Waals surface area contributed by atoms with Gasteiger partial charge in [0.2, 0.25) is 0 Å². The van der Waals surface area contributed by atoms with Gasteiger partial charge in [-0.1, -0.05) is 19.1 Å². The smallest absolute Gasteiger partial charge is 0.339 e. The number of rotatable bonds is 6. The third-order valence-electron chi connectivity index (χ3n) is 4.41. The molecule has 3 rings (SSSR count). The summed E-state index contributed by atoms with van der Waals surface area (Å²) in [5.41, 5.74) is 2.29. The van der Waals surface area contributed by atoms with Crippen LogP contribution in [0.2, 0.25) is 0 Å². The van der Waals surface area contributed by atoms with Crippen LogP contribution in [0.15, 0.2) is 34.5 Å². The first-order valence-electron chi connectivity index (χ1n) is 8.73. The highest BCUT2D eigenvalue weighted by Crippen LogP contribution is 2.33. The van der Waals surface area contributed by atoms with Crippen molar-refractivity contribution in [2.75, 3.05) is 17.7 Å². The van der Waals surface area contributed by atoms with E-state index in [1.165, 1.54) is 16.6 Å². The second-order valence-electron chi connectivity index (χ2n) is 6.47. The van der Waals surface area contributed by atoms with Gasteiger partial charge in [0.15, 0.2) is 6.61 Å². The zero-order valence-electron chi connectivity index (χ0n) is 15.0. The summed E-state index contributed by atoms with van der Waals surface area (Å²) in [5.74, 6) is 0.101. The number of nitrogens with zero attached hydrogens (tertiary/aromatic N) is 1. The lowest BCUT2D eigenvalue weighted by molar-refractivity contribution is -0.119. The average Bonchev–Trinajstić information content (AvgIpc) is 3.08. The number of fused-ring (bicyclic) bond motifs is 1. The number of nitrogens with one attached hydrogen (secondary N) is 1. The van der Waals surface area contributed by atoms with E-state index in [0.29, 0.717) is 22.9 Å². The van der Waals surface area contributed by atoms with Gasteiger partial charge in [0.25, 0.3) is 5.91 Å². The standard InChI is InChI=1S/C20H20N2O3S2/c1-13-6-7-14-15(12-27-18(14)10-13)20(24)25-11-19(23)22-16-4-2-3-5-17(16)26-9-8-21/h2-5,12-13H,6-7,9-11H2,1H3,(H,22,23). The topological polar surface area (TPSA) is 79.2 Å². The molecule has 1 aliphatic carbocycles. The van der Waals surface area contributed by atoms with E-state index < -0.39 is 11.9 Å². The molecule has 1 aromatic heterocycles. The normalized spacial score (nSPS) is 15.5. The van der Waals surface area contributed by atoms with Crippen molar-refractivity contribution in [1.82, 2.24) is 0 Å². The van der Waals surface area contributed by atoms with E-state index in [0.717, 1.165) is 29.7 Å². The van der Waals surface area contributed by atoms with Crippen LogP contribution in [0.25, 0.3) is 0 Å². The number of para-hydroxylation sites is 1. The maximum absolute atomic E-state index is 12.4. The molecule has 1 aliphatic rings. The molecular formula is C20H20N2O3S2.